The fourth-order valence-corrected chi connectivity index (χ4v) is 3.22. The molecular weight excluding hydrogens is 370 g/mol. The summed E-state index contributed by atoms with van der Waals surface area (Å²) in [5.74, 6) is -0.678. The zero-order chi connectivity index (χ0) is 17.7. The van der Waals surface area contributed by atoms with Crippen LogP contribution >= 0.6 is 15.9 Å². The average Bonchev–Trinajstić information content (AvgIpc) is 2.40. The molecule has 128 valence electrons. The minimum Gasteiger partial charge on any atom is -0.464 e. The monoisotopic (exact) mass is 395 g/mol. The van der Waals surface area contributed by atoms with Gasteiger partial charge >= 0.3 is 12.1 Å². The normalized spacial score (nSPS) is 14.8. The second kappa shape index (κ2) is 8.12. The summed E-state index contributed by atoms with van der Waals surface area (Å²) in [7, 11) is 0.423. The first-order chi connectivity index (χ1) is 9.87. The summed E-state index contributed by atoms with van der Waals surface area (Å²) in [6.45, 7) is 12.4. The van der Waals surface area contributed by atoms with Crippen molar-refractivity contribution in [1.29, 1.82) is 0 Å². The quantitative estimate of drug-likeness (QED) is 0.437. The summed E-state index contributed by atoms with van der Waals surface area (Å²) in [5, 5.41) is 2.38. The summed E-state index contributed by atoms with van der Waals surface area (Å²) in [6, 6.07) is 0. The predicted octanol–water partition coefficient (Wildman–Crippen LogP) is 3.53. The first-order valence-electron chi connectivity index (χ1n) is 6.88. The SMILES string of the molecule is COC(=O)N/C(C(=O)OC)=C(/Br)[C@H](C)O[Si](C)(C)C(C)(C)C. The second-order valence-corrected chi connectivity index (χ2v) is 12.0. The average molecular weight is 396 g/mol. The van der Waals surface area contributed by atoms with E-state index in [-0.39, 0.29) is 10.7 Å². The van der Waals surface area contributed by atoms with E-state index < -0.39 is 26.5 Å². The van der Waals surface area contributed by atoms with Gasteiger partial charge in [-0.3, -0.25) is 5.32 Å². The number of amides is 1. The molecule has 0 bridgehead atoms. The zero-order valence-electron chi connectivity index (χ0n) is 14.5. The number of nitrogens with one attached hydrogen (secondary N) is 1. The fourth-order valence-electron chi connectivity index (χ4n) is 1.34. The van der Waals surface area contributed by atoms with Crippen molar-refractivity contribution in [1.82, 2.24) is 5.32 Å². The van der Waals surface area contributed by atoms with E-state index in [0.29, 0.717) is 4.48 Å². The number of hydrogen-bond donors (Lipinski definition) is 1. The van der Waals surface area contributed by atoms with Gasteiger partial charge in [0.15, 0.2) is 8.32 Å². The van der Waals surface area contributed by atoms with Crippen molar-refractivity contribution in [3.8, 4) is 0 Å². The molecule has 0 rings (SSSR count). The molecule has 0 aliphatic heterocycles. The van der Waals surface area contributed by atoms with E-state index in [9.17, 15) is 9.59 Å². The molecule has 0 aromatic heterocycles. The van der Waals surface area contributed by atoms with E-state index in [1.165, 1.54) is 14.2 Å². The molecular formula is C14H26BrNO5Si. The maximum Gasteiger partial charge on any atom is 0.411 e. The van der Waals surface area contributed by atoms with Gasteiger partial charge in [-0.15, -0.1) is 0 Å². The van der Waals surface area contributed by atoms with E-state index in [1.54, 1.807) is 0 Å². The van der Waals surface area contributed by atoms with Gasteiger partial charge in [-0.05, 0) is 25.1 Å². The van der Waals surface area contributed by atoms with Crippen molar-refractivity contribution in [3.05, 3.63) is 10.2 Å². The first-order valence-corrected chi connectivity index (χ1v) is 10.6. The maximum atomic E-state index is 11.8. The minimum atomic E-state index is -2.03. The highest BCUT2D eigenvalue weighted by Gasteiger charge is 2.39. The van der Waals surface area contributed by atoms with E-state index in [4.69, 9.17) is 4.43 Å². The molecule has 0 aromatic carbocycles. The van der Waals surface area contributed by atoms with Crippen LogP contribution in [-0.2, 0) is 18.7 Å². The van der Waals surface area contributed by atoms with E-state index in [0.717, 1.165) is 0 Å². The molecule has 1 amide bonds. The predicted molar refractivity (Wildman–Crippen MR) is 91.3 cm³/mol. The third-order valence-corrected chi connectivity index (χ3v) is 9.27. The van der Waals surface area contributed by atoms with Gasteiger partial charge in [0.1, 0.15) is 5.70 Å². The lowest BCUT2D eigenvalue weighted by molar-refractivity contribution is -0.136. The molecule has 0 aliphatic carbocycles. The van der Waals surface area contributed by atoms with Crippen LogP contribution in [0.1, 0.15) is 27.7 Å². The zero-order valence-corrected chi connectivity index (χ0v) is 17.1. The van der Waals surface area contributed by atoms with Gasteiger partial charge in [0, 0.05) is 0 Å². The lowest BCUT2D eigenvalue weighted by Crippen LogP contribution is -2.44. The standard InChI is InChI=1S/C14H26BrNO5Si/c1-9(21-22(7,8)14(2,3)4)10(15)11(12(17)19-5)16-13(18)20-6/h9H,1-8H3,(H,16,18)/b11-10+/t9-/m0/s1. The Morgan fingerprint density at radius 3 is 2.00 bits per heavy atom. The third kappa shape index (κ3) is 5.73. The summed E-state index contributed by atoms with van der Waals surface area (Å²) in [4.78, 5) is 23.2. The molecule has 0 saturated heterocycles. The van der Waals surface area contributed by atoms with Crippen molar-refractivity contribution in [3.63, 3.8) is 0 Å². The molecule has 0 aliphatic rings. The number of esters is 1. The summed E-state index contributed by atoms with van der Waals surface area (Å²) in [6.07, 6.45) is -1.16. The van der Waals surface area contributed by atoms with Crippen LogP contribution in [0.15, 0.2) is 10.2 Å². The number of halogens is 1. The molecule has 1 N–H and O–H groups in total. The van der Waals surface area contributed by atoms with Crippen LogP contribution < -0.4 is 5.32 Å². The summed E-state index contributed by atoms with van der Waals surface area (Å²) >= 11 is 3.33. The van der Waals surface area contributed by atoms with Gasteiger partial charge in [-0.1, -0.05) is 36.7 Å². The Morgan fingerprint density at radius 2 is 1.64 bits per heavy atom. The molecule has 0 saturated carbocycles. The van der Waals surface area contributed by atoms with Gasteiger partial charge in [0.05, 0.1) is 24.8 Å². The number of methoxy groups -OCH3 is 2. The maximum absolute atomic E-state index is 11.8. The van der Waals surface area contributed by atoms with Crippen molar-refractivity contribution in [2.45, 2.75) is 51.9 Å². The highest BCUT2D eigenvalue weighted by Crippen LogP contribution is 2.38. The van der Waals surface area contributed by atoms with Crippen LogP contribution in [0.3, 0.4) is 0 Å². The van der Waals surface area contributed by atoms with Crippen LogP contribution in [-0.4, -0.2) is 40.7 Å². The Hall–Kier alpha value is -0.863. The Balaban J connectivity index is 5.45. The van der Waals surface area contributed by atoms with Gasteiger partial charge in [-0.2, -0.15) is 0 Å². The van der Waals surface area contributed by atoms with Gasteiger partial charge in [0.2, 0.25) is 0 Å². The van der Waals surface area contributed by atoms with Crippen LogP contribution in [0.2, 0.25) is 18.1 Å². The Morgan fingerprint density at radius 1 is 1.14 bits per heavy atom. The molecule has 0 heterocycles. The van der Waals surface area contributed by atoms with Crippen molar-refractivity contribution >= 4 is 36.3 Å². The first kappa shape index (κ1) is 21.1. The summed E-state index contributed by atoms with van der Waals surface area (Å²) in [5.41, 5.74) is -0.0273. The van der Waals surface area contributed by atoms with Crippen LogP contribution in [0, 0.1) is 0 Å². The molecule has 0 unspecified atom stereocenters. The lowest BCUT2D eigenvalue weighted by Gasteiger charge is -2.38. The molecule has 0 spiro atoms. The number of alkyl carbamates (subject to hydrolysis) is 1. The Bertz CT molecular complexity index is 457. The highest BCUT2D eigenvalue weighted by molar-refractivity contribution is 9.11. The van der Waals surface area contributed by atoms with Gasteiger partial charge in [0.25, 0.3) is 0 Å². The number of carbonyl (C=O) groups excluding carboxylic acids is 2. The van der Waals surface area contributed by atoms with Crippen LogP contribution in [0.4, 0.5) is 4.79 Å². The fraction of sp³-hybridized carbons (Fsp3) is 0.714. The molecule has 0 fully saturated rings. The molecule has 1 atom stereocenters. The number of ether oxygens (including phenoxy) is 2. The molecule has 6 nitrogen and oxygen atoms in total. The van der Waals surface area contributed by atoms with E-state index in [1.807, 2.05) is 6.92 Å². The van der Waals surface area contributed by atoms with Crippen molar-refractivity contribution in [2.75, 3.05) is 14.2 Å². The van der Waals surface area contributed by atoms with Crippen LogP contribution in [0.5, 0.6) is 0 Å². The van der Waals surface area contributed by atoms with E-state index in [2.05, 4.69) is 64.6 Å². The van der Waals surface area contributed by atoms with Gasteiger partial charge < -0.3 is 13.9 Å². The molecule has 8 heteroatoms. The highest BCUT2D eigenvalue weighted by atomic mass is 79.9. The third-order valence-electron chi connectivity index (χ3n) is 3.68. The second-order valence-electron chi connectivity index (χ2n) is 6.35. The topological polar surface area (TPSA) is 73.9 Å². The van der Waals surface area contributed by atoms with Crippen molar-refractivity contribution in [2.24, 2.45) is 0 Å². The molecule has 0 aromatic rings. The van der Waals surface area contributed by atoms with E-state index >= 15 is 0 Å². The Kier molecular flexibility index (Phi) is 7.80. The molecule has 0 radical (unpaired) electrons. The number of carbonyl (C=O) groups is 2. The molecule has 22 heavy (non-hydrogen) atoms. The van der Waals surface area contributed by atoms with Crippen LogP contribution in [0.25, 0.3) is 0 Å². The van der Waals surface area contributed by atoms with Crippen molar-refractivity contribution < 1.29 is 23.5 Å². The summed E-state index contributed by atoms with van der Waals surface area (Å²) < 4.78 is 15.8. The van der Waals surface area contributed by atoms with Gasteiger partial charge in [-0.25, -0.2) is 9.59 Å². The Labute approximate surface area is 141 Å². The smallest absolute Gasteiger partial charge is 0.411 e. The number of hydrogen-bond acceptors (Lipinski definition) is 5. The number of rotatable bonds is 5. The lowest BCUT2D eigenvalue weighted by atomic mass is 10.2. The minimum absolute atomic E-state index is 0.0236. The largest absolute Gasteiger partial charge is 0.464 e.